The lowest BCUT2D eigenvalue weighted by Crippen LogP contribution is -2.54. The molecular weight excluding hydrogens is 340 g/mol. The Morgan fingerprint density at radius 1 is 1.20 bits per heavy atom. The molecule has 130 valence electrons. The van der Waals surface area contributed by atoms with Crippen LogP contribution in [0.3, 0.4) is 0 Å². The number of nitrogens with zero attached hydrogens (tertiary/aromatic N) is 1. The van der Waals surface area contributed by atoms with Gasteiger partial charge < -0.3 is 15.3 Å². The van der Waals surface area contributed by atoms with E-state index in [9.17, 15) is 14.7 Å². The molecule has 25 heavy (non-hydrogen) atoms. The van der Waals surface area contributed by atoms with Gasteiger partial charge in [0.25, 0.3) is 5.91 Å². The van der Waals surface area contributed by atoms with Crippen LogP contribution in [0.2, 0.25) is 5.02 Å². The van der Waals surface area contributed by atoms with E-state index < -0.39 is 6.04 Å². The van der Waals surface area contributed by atoms with Gasteiger partial charge in [0.05, 0.1) is 6.61 Å². The van der Waals surface area contributed by atoms with Crippen LogP contribution in [0.5, 0.6) is 0 Å². The molecule has 1 heterocycles. The van der Waals surface area contributed by atoms with E-state index in [-0.39, 0.29) is 25.0 Å². The van der Waals surface area contributed by atoms with E-state index >= 15 is 0 Å². The molecule has 6 heteroatoms. The maximum Gasteiger partial charge on any atom is 0.254 e. The first-order chi connectivity index (χ1) is 12.1. The number of amides is 2. The van der Waals surface area contributed by atoms with Crippen LogP contribution in [-0.4, -0.2) is 41.0 Å². The average Bonchev–Trinajstić information content (AvgIpc) is 2.63. The van der Waals surface area contributed by atoms with Gasteiger partial charge in [-0.15, -0.1) is 0 Å². The van der Waals surface area contributed by atoms with Crippen LogP contribution < -0.4 is 5.32 Å². The van der Waals surface area contributed by atoms with Crippen molar-refractivity contribution in [2.24, 2.45) is 0 Å². The molecule has 0 saturated carbocycles. The van der Waals surface area contributed by atoms with Crippen LogP contribution in [0.25, 0.3) is 0 Å². The van der Waals surface area contributed by atoms with Gasteiger partial charge in [-0.1, -0.05) is 41.9 Å². The van der Waals surface area contributed by atoms with Crippen LogP contribution in [0.1, 0.15) is 21.5 Å². The van der Waals surface area contributed by atoms with Gasteiger partial charge in [0.1, 0.15) is 6.04 Å². The lowest BCUT2D eigenvalue weighted by atomic mass is 9.93. The molecule has 5 nitrogen and oxygen atoms in total. The third-order valence-electron chi connectivity index (χ3n) is 4.32. The van der Waals surface area contributed by atoms with Crippen LogP contribution in [-0.2, 0) is 17.8 Å². The zero-order valence-corrected chi connectivity index (χ0v) is 14.4. The first-order valence-corrected chi connectivity index (χ1v) is 8.50. The Labute approximate surface area is 151 Å². The van der Waals surface area contributed by atoms with Crippen molar-refractivity contribution in [2.75, 3.05) is 13.2 Å². The van der Waals surface area contributed by atoms with Gasteiger partial charge >= 0.3 is 0 Å². The molecule has 2 N–H and O–H groups in total. The van der Waals surface area contributed by atoms with Crippen molar-refractivity contribution in [3.8, 4) is 0 Å². The maximum absolute atomic E-state index is 12.7. The van der Waals surface area contributed by atoms with Crippen LogP contribution in [0.4, 0.5) is 0 Å². The molecule has 0 spiro atoms. The Balaban J connectivity index is 1.75. The third kappa shape index (κ3) is 3.83. The van der Waals surface area contributed by atoms with Crippen molar-refractivity contribution in [1.29, 1.82) is 0 Å². The summed E-state index contributed by atoms with van der Waals surface area (Å²) in [4.78, 5) is 26.8. The monoisotopic (exact) mass is 358 g/mol. The molecule has 0 aliphatic carbocycles. The zero-order chi connectivity index (χ0) is 17.8. The number of β-amino-alcohol motifs (C(OH)–C–C–N with tert-alkyl or cyclic N) is 1. The second kappa shape index (κ2) is 7.68. The normalized spacial score (nSPS) is 16.5. The van der Waals surface area contributed by atoms with Gasteiger partial charge in [0, 0.05) is 30.1 Å². The predicted molar refractivity (Wildman–Crippen MR) is 95.4 cm³/mol. The molecule has 1 unspecified atom stereocenters. The van der Waals surface area contributed by atoms with E-state index in [2.05, 4.69) is 5.32 Å². The Bertz CT molecular complexity index is 776. The molecule has 1 atom stereocenters. The lowest BCUT2D eigenvalue weighted by molar-refractivity contribution is -0.126. The number of carbonyl (C=O) groups is 2. The van der Waals surface area contributed by atoms with Crippen LogP contribution >= 0.6 is 11.6 Å². The quantitative estimate of drug-likeness (QED) is 0.859. The molecule has 2 aromatic rings. The summed E-state index contributed by atoms with van der Waals surface area (Å²) in [5, 5.41) is 12.8. The first-order valence-electron chi connectivity index (χ1n) is 8.12. The predicted octanol–water partition coefficient (Wildman–Crippen LogP) is 2.02. The number of halogens is 1. The second-order valence-corrected chi connectivity index (χ2v) is 6.38. The van der Waals surface area contributed by atoms with Gasteiger partial charge in [-0.25, -0.2) is 0 Å². The number of benzene rings is 2. The standard InChI is InChI=1S/C19H19ClN2O3/c20-15-7-5-13(6-8-15)12-21-18(24)17-11-14-3-1-2-4-16(14)19(25)22(17)9-10-23/h1-8,17,23H,9-12H2,(H,21,24). The minimum atomic E-state index is -0.623. The summed E-state index contributed by atoms with van der Waals surface area (Å²) >= 11 is 5.86. The molecule has 0 aromatic heterocycles. The number of hydrogen-bond donors (Lipinski definition) is 2. The lowest BCUT2D eigenvalue weighted by Gasteiger charge is -2.35. The molecule has 0 bridgehead atoms. The molecule has 3 rings (SSSR count). The number of fused-ring (bicyclic) bond motifs is 1. The molecule has 0 saturated heterocycles. The molecule has 1 aliphatic heterocycles. The van der Waals surface area contributed by atoms with Crippen molar-refractivity contribution < 1.29 is 14.7 Å². The molecule has 1 aliphatic rings. The number of rotatable bonds is 5. The number of nitrogens with one attached hydrogen (secondary N) is 1. The highest BCUT2D eigenvalue weighted by molar-refractivity contribution is 6.30. The molecule has 2 amide bonds. The molecular formula is C19H19ClN2O3. The molecule has 2 aromatic carbocycles. The molecule has 0 fully saturated rings. The van der Waals surface area contributed by atoms with Crippen molar-refractivity contribution >= 4 is 23.4 Å². The Kier molecular flexibility index (Phi) is 5.36. The minimum absolute atomic E-state index is 0.131. The fraction of sp³-hybridized carbons (Fsp3) is 0.263. The summed E-state index contributed by atoms with van der Waals surface area (Å²) < 4.78 is 0. The highest BCUT2D eigenvalue weighted by Gasteiger charge is 2.35. The van der Waals surface area contributed by atoms with E-state index in [1.54, 1.807) is 24.3 Å². The van der Waals surface area contributed by atoms with Crippen molar-refractivity contribution in [2.45, 2.75) is 19.0 Å². The van der Waals surface area contributed by atoms with E-state index in [1.807, 2.05) is 24.3 Å². The summed E-state index contributed by atoms with van der Waals surface area (Å²) in [6.07, 6.45) is 0.439. The minimum Gasteiger partial charge on any atom is -0.395 e. The van der Waals surface area contributed by atoms with Crippen molar-refractivity contribution in [3.63, 3.8) is 0 Å². The van der Waals surface area contributed by atoms with Gasteiger partial charge in [-0.05, 0) is 29.3 Å². The first kappa shape index (κ1) is 17.5. The highest BCUT2D eigenvalue weighted by atomic mass is 35.5. The number of carbonyl (C=O) groups excluding carboxylic acids is 2. The Hall–Kier alpha value is -2.37. The fourth-order valence-corrected chi connectivity index (χ4v) is 3.16. The summed E-state index contributed by atoms with van der Waals surface area (Å²) in [5.74, 6) is -0.450. The smallest absolute Gasteiger partial charge is 0.254 e. The number of aliphatic hydroxyl groups is 1. The Morgan fingerprint density at radius 2 is 1.92 bits per heavy atom. The summed E-state index contributed by atoms with van der Waals surface area (Å²) in [5.41, 5.74) is 2.38. The third-order valence-corrected chi connectivity index (χ3v) is 4.57. The van der Waals surface area contributed by atoms with Gasteiger partial charge in [0.15, 0.2) is 0 Å². The van der Waals surface area contributed by atoms with E-state index in [0.29, 0.717) is 23.6 Å². The molecule has 0 radical (unpaired) electrons. The fourth-order valence-electron chi connectivity index (χ4n) is 3.03. The summed E-state index contributed by atoms with van der Waals surface area (Å²) in [6, 6.07) is 13.9. The van der Waals surface area contributed by atoms with E-state index in [0.717, 1.165) is 11.1 Å². The van der Waals surface area contributed by atoms with Crippen molar-refractivity contribution in [1.82, 2.24) is 10.2 Å². The maximum atomic E-state index is 12.7. The van der Waals surface area contributed by atoms with Crippen molar-refractivity contribution in [3.05, 3.63) is 70.2 Å². The highest BCUT2D eigenvalue weighted by Crippen LogP contribution is 2.23. The van der Waals surface area contributed by atoms with Crippen LogP contribution in [0, 0.1) is 0 Å². The SMILES string of the molecule is O=C(NCc1ccc(Cl)cc1)C1Cc2ccccc2C(=O)N1CCO. The number of hydrogen-bond acceptors (Lipinski definition) is 3. The van der Waals surface area contributed by atoms with Gasteiger partial charge in [0.2, 0.25) is 5.91 Å². The average molecular weight is 359 g/mol. The Morgan fingerprint density at radius 3 is 2.64 bits per heavy atom. The topological polar surface area (TPSA) is 69.6 Å². The van der Waals surface area contributed by atoms with Gasteiger partial charge in [-0.3, -0.25) is 9.59 Å². The van der Waals surface area contributed by atoms with Gasteiger partial charge in [-0.2, -0.15) is 0 Å². The summed E-state index contributed by atoms with van der Waals surface area (Å²) in [7, 11) is 0. The zero-order valence-electron chi connectivity index (χ0n) is 13.6. The van der Waals surface area contributed by atoms with Crippen LogP contribution in [0.15, 0.2) is 48.5 Å². The largest absolute Gasteiger partial charge is 0.395 e. The number of aliphatic hydroxyl groups excluding tert-OH is 1. The van der Waals surface area contributed by atoms with E-state index in [1.165, 1.54) is 4.90 Å². The summed E-state index contributed by atoms with van der Waals surface area (Å²) in [6.45, 7) is 0.302. The second-order valence-electron chi connectivity index (χ2n) is 5.94. The van der Waals surface area contributed by atoms with E-state index in [4.69, 9.17) is 11.6 Å².